The van der Waals surface area contributed by atoms with E-state index in [-0.39, 0.29) is 6.04 Å². The number of hydrogen-bond acceptors (Lipinski definition) is 9. The van der Waals surface area contributed by atoms with Crippen molar-refractivity contribution in [2.24, 2.45) is 0 Å². The molecule has 35 heavy (non-hydrogen) atoms. The smallest absolute Gasteiger partial charge is 0.413 e. The zero-order valence-electron chi connectivity index (χ0n) is 19.9. The Morgan fingerprint density at radius 2 is 1.91 bits per heavy atom. The normalized spacial score (nSPS) is 19.6. The van der Waals surface area contributed by atoms with E-state index in [0.29, 0.717) is 24.6 Å². The van der Waals surface area contributed by atoms with Gasteiger partial charge < -0.3 is 19.9 Å². The van der Waals surface area contributed by atoms with Gasteiger partial charge in [-0.25, -0.2) is 4.79 Å². The van der Waals surface area contributed by atoms with Crippen molar-refractivity contribution in [1.29, 1.82) is 0 Å². The fraction of sp³-hybridized carbons (Fsp3) is 0.400. The second-order valence-corrected chi connectivity index (χ2v) is 9.48. The van der Waals surface area contributed by atoms with E-state index in [4.69, 9.17) is 9.47 Å². The van der Waals surface area contributed by atoms with Crippen LogP contribution in [-0.2, 0) is 24.2 Å². The largest absolute Gasteiger partial charge is 0.497 e. The predicted molar refractivity (Wildman–Crippen MR) is 135 cm³/mol. The van der Waals surface area contributed by atoms with Gasteiger partial charge in [0.2, 0.25) is 5.13 Å². The van der Waals surface area contributed by atoms with Crippen molar-refractivity contribution in [2.45, 2.75) is 44.7 Å². The molecule has 0 spiro atoms. The standard InChI is InChI=1S/C25H31N5O4S/c1-3-30(15-18-7-5-4-6-8-18)16-22-28-29-24(35-22)27-25(32)34-23-20(26-14-21(23)31)13-17-9-11-19(33-2)12-10-17/h4-12,20-21,23,26,31H,3,13-16H2,1-2H3,(H,27,29,32)/t20-,21+,23+/m1/s1. The lowest BCUT2D eigenvalue weighted by atomic mass is 10.0. The molecule has 1 aromatic heterocycles. The molecule has 9 nitrogen and oxygen atoms in total. The first-order chi connectivity index (χ1) is 17.0. The number of aromatic nitrogens is 2. The van der Waals surface area contributed by atoms with Crippen LogP contribution in [0.25, 0.3) is 0 Å². The van der Waals surface area contributed by atoms with E-state index in [1.807, 2.05) is 42.5 Å². The maximum Gasteiger partial charge on any atom is 0.413 e. The second kappa shape index (κ2) is 12.1. The molecule has 186 valence electrons. The van der Waals surface area contributed by atoms with E-state index < -0.39 is 18.3 Å². The third-order valence-corrected chi connectivity index (χ3v) is 6.78. The monoisotopic (exact) mass is 497 g/mol. The van der Waals surface area contributed by atoms with Crippen molar-refractivity contribution < 1.29 is 19.4 Å². The summed E-state index contributed by atoms with van der Waals surface area (Å²) in [5.41, 5.74) is 2.28. The number of β-amino-alcohol motifs (C(OH)–C–C–N with tert-alkyl or cyclic N) is 1. The van der Waals surface area contributed by atoms with Crippen molar-refractivity contribution in [1.82, 2.24) is 20.4 Å². The average Bonchev–Trinajstić information content (AvgIpc) is 3.45. The summed E-state index contributed by atoms with van der Waals surface area (Å²) in [6, 6.07) is 17.7. The number of hydrogen-bond donors (Lipinski definition) is 3. The number of carbonyl (C=O) groups is 1. The average molecular weight is 498 g/mol. The number of nitrogens with one attached hydrogen (secondary N) is 2. The Morgan fingerprint density at radius 1 is 1.14 bits per heavy atom. The Hall–Kier alpha value is -3.05. The molecule has 3 N–H and O–H groups in total. The number of carbonyl (C=O) groups excluding carboxylic acids is 1. The number of rotatable bonds is 10. The number of benzene rings is 2. The van der Waals surface area contributed by atoms with Gasteiger partial charge in [-0.05, 0) is 36.2 Å². The molecule has 4 rings (SSSR count). The molecule has 0 saturated carbocycles. The molecule has 2 heterocycles. The molecular weight excluding hydrogens is 466 g/mol. The first-order valence-corrected chi connectivity index (χ1v) is 12.5. The number of aliphatic hydroxyl groups excluding tert-OH is 1. The predicted octanol–water partition coefficient (Wildman–Crippen LogP) is 3.06. The summed E-state index contributed by atoms with van der Waals surface area (Å²) in [4.78, 5) is 14.8. The third-order valence-electron chi connectivity index (χ3n) is 5.95. The highest BCUT2D eigenvalue weighted by atomic mass is 32.1. The molecule has 3 aromatic rings. The minimum absolute atomic E-state index is 0.203. The summed E-state index contributed by atoms with van der Waals surface area (Å²) in [6.45, 7) is 4.76. The zero-order chi connectivity index (χ0) is 24.6. The van der Waals surface area contributed by atoms with Crippen LogP contribution in [0, 0.1) is 0 Å². The maximum absolute atomic E-state index is 12.6. The Balaban J connectivity index is 1.30. The van der Waals surface area contributed by atoms with Crippen LogP contribution in [0.5, 0.6) is 5.75 Å². The highest BCUT2D eigenvalue weighted by molar-refractivity contribution is 7.15. The minimum Gasteiger partial charge on any atom is -0.497 e. The van der Waals surface area contributed by atoms with Crippen molar-refractivity contribution in [3.63, 3.8) is 0 Å². The molecule has 0 radical (unpaired) electrons. The Bertz CT molecular complexity index is 1080. The van der Waals surface area contributed by atoms with Gasteiger partial charge in [-0.1, -0.05) is 60.7 Å². The van der Waals surface area contributed by atoms with Gasteiger partial charge in [0.15, 0.2) is 0 Å². The van der Waals surface area contributed by atoms with Crippen LogP contribution >= 0.6 is 11.3 Å². The third kappa shape index (κ3) is 6.98. The lowest BCUT2D eigenvalue weighted by molar-refractivity contribution is 0.0254. The van der Waals surface area contributed by atoms with E-state index in [1.54, 1.807) is 7.11 Å². The van der Waals surface area contributed by atoms with Crippen LogP contribution in [0.3, 0.4) is 0 Å². The molecule has 1 fully saturated rings. The van der Waals surface area contributed by atoms with Crippen molar-refractivity contribution >= 4 is 22.6 Å². The summed E-state index contributed by atoms with van der Waals surface area (Å²) >= 11 is 1.32. The molecule has 10 heteroatoms. The summed E-state index contributed by atoms with van der Waals surface area (Å²) in [5, 5.41) is 25.7. The van der Waals surface area contributed by atoms with E-state index in [0.717, 1.165) is 29.4 Å². The first-order valence-electron chi connectivity index (χ1n) is 11.6. The van der Waals surface area contributed by atoms with Gasteiger partial charge in [-0.2, -0.15) is 0 Å². The van der Waals surface area contributed by atoms with Crippen LogP contribution in [0.1, 0.15) is 23.1 Å². The lowest BCUT2D eigenvalue weighted by Crippen LogP contribution is -2.39. The van der Waals surface area contributed by atoms with Crippen molar-refractivity contribution in [3.8, 4) is 5.75 Å². The molecule has 1 amide bonds. The van der Waals surface area contributed by atoms with Crippen LogP contribution in [0.4, 0.5) is 9.93 Å². The molecule has 1 saturated heterocycles. The summed E-state index contributed by atoms with van der Waals surface area (Å²) < 4.78 is 10.8. The molecule has 3 atom stereocenters. The van der Waals surface area contributed by atoms with Crippen LogP contribution in [-0.4, -0.2) is 64.7 Å². The van der Waals surface area contributed by atoms with E-state index >= 15 is 0 Å². The van der Waals surface area contributed by atoms with Gasteiger partial charge in [0.1, 0.15) is 23.0 Å². The molecule has 1 aliphatic rings. The van der Waals surface area contributed by atoms with Gasteiger partial charge in [0, 0.05) is 13.1 Å². The molecule has 2 aromatic carbocycles. The highest BCUT2D eigenvalue weighted by Gasteiger charge is 2.38. The summed E-state index contributed by atoms with van der Waals surface area (Å²) in [7, 11) is 1.62. The van der Waals surface area contributed by atoms with Crippen LogP contribution in [0.2, 0.25) is 0 Å². The fourth-order valence-electron chi connectivity index (χ4n) is 4.06. The topological polar surface area (TPSA) is 109 Å². The number of ether oxygens (including phenoxy) is 2. The lowest BCUT2D eigenvalue weighted by Gasteiger charge is -2.22. The van der Waals surface area contributed by atoms with Crippen LogP contribution in [0.15, 0.2) is 54.6 Å². The molecule has 1 aliphatic heterocycles. The second-order valence-electron chi connectivity index (χ2n) is 8.42. The van der Waals surface area contributed by atoms with E-state index in [1.165, 1.54) is 16.9 Å². The fourth-order valence-corrected chi connectivity index (χ4v) is 4.83. The SMILES string of the molecule is CCN(Cc1ccccc1)Cc1nnc(NC(=O)O[C@@H]2[C@@H](O)CN[C@@H]2Cc2ccc(OC)cc2)s1. The van der Waals surface area contributed by atoms with E-state index in [2.05, 4.69) is 44.8 Å². The number of amides is 1. The van der Waals surface area contributed by atoms with Crippen molar-refractivity contribution in [3.05, 3.63) is 70.7 Å². The van der Waals surface area contributed by atoms with Crippen LogP contribution < -0.4 is 15.4 Å². The number of nitrogens with zero attached hydrogens (tertiary/aromatic N) is 3. The summed E-state index contributed by atoms with van der Waals surface area (Å²) in [5.74, 6) is 0.777. The summed E-state index contributed by atoms with van der Waals surface area (Å²) in [6.07, 6.45) is -1.51. The molecule has 0 aliphatic carbocycles. The highest BCUT2D eigenvalue weighted by Crippen LogP contribution is 2.22. The maximum atomic E-state index is 12.6. The number of anilines is 1. The van der Waals surface area contributed by atoms with Gasteiger partial charge in [0.25, 0.3) is 0 Å². The molecule has 0 bridgehead atoms. The van der Waals surface area contributed by atoms with Gasteiger partial charge in [0.05, 0.1) is 19.7 Å². The van der Waals surface area contributed by atoms with E-state index in [9.17, 15) is 9.90 Å². The van der Waals surface area contributed by atoms with Gasteiger partial charge >= 0.3 is 6.09 Å². The number of aliphatic hydroxyl groups is 1. The first kappa shape index (κ1) is 25.1. The zero-order valence-corrected chi connectivity index (χ0v) is 20.7. The Kier molecular flexibility index (Phi) is 8.64. The quantitative estimate of drug-likeness (QED) is 0.392. The van der Waals surface area contributed by atoms with Gasteiger partial charge in [-0.3, -0.25) is 10.2 Å². The molecule has 0 unspecified atom stereocenters. The van der Waals surface area contributed by atoms with Gasteiger partial charge in [-0.15, -0.1) is 10.2 Å². The van der Waals surface area contributed by atoms with Crippen molar-refractivity contribution in [2.75, 3.05) is 25.5 Å². The number of methoxy groups -OCH3 is 1. The Morgan fingerprint density at radius 3 is 2.63 bits per heavy atom. The minimum atomic E-state index is -0.787. The molecular formula is C25H31N5O4S. The Labute approximate surface area is 209 Å².